The summed E-state index contributed by atoms with van der Waals surface area (Å²) in [4.78, 5) is 30.4. The van der Waals surface area contributed by atoms with E-state index in [9.17, 15) is 9.59 Å². The second-order valence-electron chi connectivity index (χ2n) is 4.50. The summed E-state index contributed by atoms with van der Waals surface area (Å²) < 4.78 is 11.7. The van der Waals surface area contributed by atoms with Crippen LogP contribution in [0.3, 0.4) is 0 Å². The standard InChI is InChI=1S/C13H13N3O4S/c1-19-11(17)5-10-12(18)16-8-15(7-14-13(16)21-10)6-9-3-2-4-20-9/h2-5H,6-8H2,1H3/b10-5-. The Labute approximate surface area is 123 Å². The molecule has 0 aromatic carbocycles. The molecule has 3 rings (SSSR count). The summed E-state index contributed by atoms with van der Waals surface area (Å²) in [5.74, 6) is 0.275. The number of carbonyl (C=O) groups is 1. The maximum absolute atomic E-state index is 12.2. The Morgan fingerprint density at radius 1 is 1.62 bits per heavy atom. The van der Waals surface area contributed by atoms with Gasteiger partial charge in [-0.1, -0.05) is 11.3 Å². The molecule has 0 unspecified atom stereocenters. The van der Waals surface area contributed by atoms with Gasteiger partial charge < -0.3 is 9.15 Å². The highest BCUT2D eigenvalue weighted by molar-refractivity contribution is 7.07. The molecule has 0 aliphatic carbocycles. The zero-order chi connectivity index (χ0) is 14.8. The predicted molar refractivity (Wildman–Crippen MR) is 75.0 cm³/mol. The van der Waals surface area contributed by atoms with E-state index < -0.39 is 5.97 Å². The minimum absolute atomic E-state index is 0.228. The number of furan rings is 1. The minimum atomic E-state index is -0.543. The van der Waals surface area contributed by atoms with Gasteiger partial charge in [-0.05, 0) is 12.1 Å². The molecule has 0 saturated heterocycles. The first-order valence-electron chi connectivity index (χ1n) is 6.26. The van der Waals surface area contributed by atoms with E-state index in [-0.39, 0.29) is 5.56 Å². The fraction of sp³-hybridized carbons (Fsp3) is 0.308. The van der Waals surface area contributed by atoms with Gasteiger partial charge >= 0.3 is 5.97 Å². The Hall–Kier alpha value is -2.19. The molecule has 0 spiro atoms. The SMILES string of the molecule is COC(=O)/C=c1\sc2n(c1=O)CN(Cc1ccco1)CN=2. The Balaban J connectivity index is 1.88. The lowest BCUT2D eigenvalue weighted by Crippen LogP contribution is -2.42. The molecule has 0 bridgehead atoms. The van der Waals surface area contributed by atoms with Gasteiger partial charge in [0.1, 0.15) is 10.3 Å². The van der Waals surface area contributed by atoms with Crippen LogP contribution >= 0.6 is 11.3 Å². The fourth-order valence-electron chi connectivity index (χ4n) is 2.04. The molecule has 2 aromatic heterocycles. The monoisotopic (exact) mass is 307 g/mol. The summed E-state index contributed by atoms with van der Waals surface area (Å²) in [5.41, 5.74) is -0.228. The van der Waals surface area contributed by atoms with Crippen molar-refractivity contribution in [1.82, 2.24) is 9.47 Å². The van der Waals surface area contributed by atoms with Crippen molar-refractivity contribution in [2.24, 2.45) is 4.99 Å². The minimum Gasteiger partial charge on any atom is -0.468 e. The van der Waals surface area contributed by atoms with E-state index >= 15 is 0 Å². The third-order valence-electron chi connectivity index (χ3n) is 3.05. The molecule has 0 atom stereocenters. The lowest BCUT2D eigenvalue weighted by Gasteiger charge is -2.21. The number of aromatic nitrogens is 1. The number of methoxy groups -OCH3 is 1. The summed E-state index contributed by atoms with van der Waals surface area (Å²) >= 11 is 1.19. The molecule has 0 N–H and O–H groups in total. The van der Waals surface area contributed by atoms with Crippen molar-refractivity contribution < 1.29 is 13.9 Å². The van der Waals surface area contributed by atoms with Crippen LogP contribution in [0.15, 0.2) is 32.6 Å². The molecule has 2 aromatic rings. The molecule has 1 aliphatic rings. The van der Waals surface area contributed by atoms with Crippen molar-refractivity contribution >= 4 is 23.4 Å². The summed E-state index contributed by atoms with van der Waals surface area (Å²) in [6.45, 7) is 1.48. The second kappa shape index (κ2) is 5.66. The van der Waals surface area contributed by atoms with Crippen LogP contribution in [-0.4, -0.2) is 29.2 Å². The lowest BCUT2D eigenvalue weighted by atomic mass is 10.4. The van der Waals surface area contributed by atoms with Gasteiger partial charge in [-0.2, -0.15) is 0 Å². The molecule has 7 nitrogen and oxygen atoms in total. The lowest BCUT2D eigenvalue weighted by molar-refractivity contribution is -0.133. The van der Waals surface area contributed by atoms with Crippen LogP contribution in [-0.2, 0) is 22.7 Å². The molecule has 8 heteroatoms. The first-order valence-corrected chi connectivity index (χ1v) is 7.07. The summed E-state index contributed by atoms with van der Waals surface area (Å²) in [7, 11) is 1.28. The molecule has 0 saturated carbocycles. The van der Waals surface area contributed by atoms with Crippen molar-refractivity contribution in [3.63, 3.8) is 0 Å². The highest BCUT2D eigenvalue weighted by Crippen LogP contribution is 2.07. The van der Waals surface area contributed by atoms with E-state index in [1.165, 1.54) is 24.5 Å². The highest BCUT2D eigenvalue weighted by Gasteiger charge is 2.16. The number of rotatable bonds is 3. The zero-order valence-corrected chi connectivity index (χ0v) is 12.1. The van der Waals surface area contributed by atoms with Crippen molar-refractivity contribution in [2.75, 3.05) is 13.8 Å². The quantitative estimate of drug-likeness (QED) is 0.715. The van der Waals surface area contributed by atoms with Crippen molar-refractivity contribution in [1.29, 1.82) is 0 Å². The van der Waals surface area contributed by atoms with E-state index in [1.807, 2.05) is 17.0 Å². The Bertz CT molecular complexity index is 819. The van der Waals surface area contributed by atoms with Crippen LogP contribution in [0, 0.1) is 0 Å². The van der Waals surface area contributed by atoms with Crippen LogP contribution in [0.25, 0.3) is 6.08 Å². The number of thiazole rings is 1. The largest absolute Gasteiger partial charge is 0.468 e. The topological polar surface area (TPSA) is 77.0 Å². The molecule has 0 amide bonds. The second-order valence-corrected chi connectivity index (χ2v) is 5.51. The van der Waals surface area contributed by atoms with Gasteiger partial charge in [-0.15, -0.1) is 0 Å². The van der Waals surface area contributed by atoms with Gasteiger partial charge in [-0.25, -0.2) is 9.79 Å². The van der Waals surface area contributed by atoms with E-state index in [4.69, 9.17) is 4.42 Å². The molecule has 0 fully saturated rings. The Morgan fingerprint density at radius 3 is 3.19 bits per heavy atom. The Morgan fingerprint density at radius 2 is 2.48 bits per heavy atom. The van der Waals surface area contributed by atoms with Gasteiger partial charge in [-0.3, -0.25) is 14.3 Å². The fourth-order valence-corrected chi connectivity index (χ4v) is 2.97. The maximum atomic E-state index is 12.2. The van der Waals surface area contributed by atoms with E-state index in [1.54, 1.807) is 10.8 Å². The zero-order valence-electron chi connectivity index (χ0n) is 11.3. The van der Waals surface area contributed by atoms with Gasteiger partial charge in [0, 0.05) is 6.08 Å². The number of fused-ring (bicyclic) bond motifs is 1. The normalized spacial score (nSPS) is 15.6. The van der Waals surface area contributed by atoms with E-state index in [0.717, 1.165) is 5.76 Å². The summed E-state index contributed by atoms with van der Waals surface area (Å²) in [6.07, 6.45) is 2.81. The molecule has 0 radical (unpaired) electrons. The Kier molecular flexibility index (Phi) is 3.72. The number of hydrogen-bond donors (Lipinski definition) is 0. The van der Waals surface area contributed by atoms with Crippen LogP contribution in [0.4, 0.5) is 0 Å². The summed E-state index contributed by atoms with van der Waals surface area (Å²) in [6, 6.07) is 3.70. The predicted octanol–water partition coefficient (Wildman–Crippen LogP) is -0.493. The first kappa shape index (κ1) is 13.8. The third-order valence-corrected chi connectivity index (χ3v) is 4.09. The first-order chi connectivity index (χ1) is 10.2. The van der Waals surface area contributed by atoms with Crippen molar-refractivity contribution in [2.45, 2.75) is 13.2 Å². The highest BCUT2D eigenvalue weighted by atomic mass is 32.1. The average molecular weight is 307 g/mol. The van der Waals surface area contributed by atoms with E-state index in [0.29, 0.717) is 29.2 Å². The third kappa shape index (κ3) is 2.81. The number of ether oxygens (including phenoxy) is 1. The van der Waals surface area contributed by atoms with Gasteiger partial charge in [0.2, 0.25) is 0 Å². The number of esters is 1. The molecular formula is C13H13N3O4S. The van der Waals surface area contributed by atoms with Gasteiger partial charge in [0.05, 0.1) is 33.3 Å². The van der Waals surface area contributed by atoms with Gasteiger partial charge in [0.25, 0.3) is 5.56 Å². The number of carbonyl (C=O) groups excluding carboxylic acids is 1. The molecule has 1 aliphatic heterocycles. The van der Waals surface area contributed by atoms with Crippen LogP contribution in [0.5, 0.6) is 0 Å². The van der Waals surface area contributed by atoms with Gasteiger partial charge in [0.15, 0.2) is 4.80 Å². The number of nitrogens with zero attached hydrogens (tertiary/aromatic N) is 3. The smallest absolute Gasteiger partial charge is 0.332 e. The van der Waals surface area contributed by atoms with Crippen molar-refractivity contribution in [3.8, 4) is 0 Å². The molecule has 3 heterocycles. The number of hydrogen-bond acceptors (Lipinski definition) is 7. The maximum Gasteiger partial charge on any atom is 0.332 e. The molecule has 21 heavy (non-hydrogen) atoms. The average Bonchev–Trinajstić information content (AvgIpc) is 3.09. The van der Waals surface area contributed by atoms with Crippen LogP contribution < -0.4 is 14.9 Å². The van der Waals surface area contributed by atoms with E-state index in [2.05, 4.69) is 9.73 Å². The molecular weight excluding hydrogens is 294 g/mol. The molecule has 110 valence electrons. The van der Waals surface area contributed by atoms with Crippen LogP contribution in [0.1, 0.15) is 5.76 Å². The van der Waals surface area contributed by atoms with Crippen molar-refractivity contribution in [3.05, 3.63) is 43.8 Å². The summed E-state index contributed by atoms with van der Waals surface area (Å²) in [5, 5.41) is 0. The van der Waals surface area contributed by atoms with Crippen LogP contribution in [0.2, 0.25) is 0 Å².